The summed E-state index contributed by atoms with van der Waals surface area (Å²) in [6, 6.07) is 6.22. The molecule has 5 heteroatoms. The number of hydrogen-bond acceptors (Lipinski definition) is 3. The first-order chi connectivity index (χ1) is 8.75. The van der Waals surface area contributed by atoms with Crippen LogP contribution in [0, 0.1) is 11.7 Å². The molecule has 1 amide bonds. The van der Waals surface area contributed by atoms with Gasteiger partial charge < -0.3 is 10.6 Å². The SMILES string of the molecule is O=C(CCSCC1CNC1)Nc1ccccc1F. The minimum absolute atomic E-state index is 0.126. The Hall–Kier alpha value is -1.07. The van der Waals surface area contributed by atoms with Crippen molar-refractivity contribution in [2.45, 2.75) is 6.42 Å². The monoisotopic (exact) mass is 268 g/mol. The van der Waals surface area contributed by atoms with Crippen LogP contribution in [0.1, 0.15) is 6.42 Å². The molecule has 0 spiro atoms. The molecule has 1 fully saturated rings. The van der Waals surface area contributed by atoms with E-state index in [2.05, 4.69) is 10.6 Å². The van der Waals surface area contributed by atoms with Crippen molar-refractivity contribution in [3.05, 3.63) is 30.1 Å². The summed E-state index contributed by atoms with van der Waals surface area (Å²) in [5, 5.41) is 5.80. The van der Waals surface area contributed by atoms with E-state index in [9.17, 15) is 9.18 Å². The second-order valence-corrected chi connectivity index (χ2v) is 5.53. The van der Waals surface area contributed by atoms with Crippen molar-refractivity contribution in [2.75, 3.05) is 29.9 Å². The highest BCUT2D eigenvalue weighted by Gasteiger charge is 2.16. The van der Waals surface area contributed by atoms with Crippen molar-refractivity contribution < 1.29 is 9.18 Å². The molecule has 0 saturated carbocycles. The van der Waals surface area contributed by atoms with Crippen LogP contribution in [0.5, 0.6) is 0 Å². The summed E-state index contributed by atoms with van der Waals surface area (Å²) >= 11 is 1.79. The van der Waals surface area contributed by atoms with Crippen molar-refractivity contribution in [3.63, 3.8) is 0 Å². The van der Waals surface area contributed by atoms with Crippen molar-refractivity contribution in [1.29, 1.82) is 0 Å². The lowest BCUT2D eigenvalue weighted by Gasteiger charge is -2.26. The summed E-state index contributed by atoms with van der Waals surface area (Å²) in [5.74, 6) is 2.12. The maximum absolute atomic E-state index is 13.3. The van der Waals surface area contributed by atoms with Gasteiger partial charge in [0.15, 0.2) is 0 Å². The number of halogens is 1. The zero-order valence-corrected chi connectivity index (χ0v) is 10.9. The van der Waals surface area contributed by atoms with E-state index >= 15 is 0 Å². The minimum Gasteiger partial charge on any atom is -0.324 e. The van der Waals surface area contributed by atoms with Crippen LogP contribution < -0.4 is 10.6 Å². The fourth-order valence-corrected chi connectivity index (χ4v) is 2.72. The first-order valence-electron chi connectivity index (χ1n) is 6.08. The Labute approximate surface area is 111 Å². The predicted octanol–water partition coefficient (Wildman–Crippen LogP) is 2.11. The number of carbonyl (C=O) groups excluding carboxylic acids is 1. The number of benzene rings is 1. The topological polar surface area (TPSA) is 41.1 Å². The summed E-state index contributed by atoms with van der Waals surface area (Å²) < 4.78 is 13.3. The third kappa shape index (κ3) is 3.99. The molecule has 0 bridgehead atoms. The molecule has 98 valence electrons. The molecule has 1 saturated heterocycles. The number of thioether (sulfide) groups is 1. The number of amides is 1. The number of rotatable bonds is 6. The van der Waals surface area contributed by atoms with E-state index in [4.69, 9.17) is 0 Å². The molecular formula is C13H17FN2OS. The molecule has 1 aliphatic heterocycles. The number of anilines is 1. The maximum atomic E-state index is 13.3. The number of nitrogens with one attached hydrogen (secondary N) is 2. The largest absolute Gasteiger partial charge is 0.324 e. The van der Waals surface area contributed by atoms with Crippen molar-refractivity contribution >= 4 is 23.4 Å². The number of carbonyl (C=O) groups is 1. The van der Waals surface area contributed by atoms with E-state index in [1.54, 1.807) is 30.0 Å². The molecule has 0 aromatic heterocycles. The van der Waals surface area contributed by atoms with Crippen LogP contribution in [0.3, 0.4) is 0 Å². The maximum Gasteiger partial charge on any atom is 0.225 e. The third-order valence-electron chi connectivity index (χ3n) is 2.84. The van der Waals surface area contributed by atoms with Crippen LogP contribution in [-0.4, -0.2) is 30.5 Å². The summed E-state index contributed by atoms with van der Waals surface area (Å²) in [4.78, 5) is 11.6. The molecule has 1 heterocycles. The van der Waals surface area contributed by atoms with Crippen LogP contribution in [0.2, 0.25) is 0 Å². The van der Waals surface area contributed by atoms with Crippen LogP contribution in [0.25, 0.3) is 0 Å². The Morgan fingerprint density at radius 3 is 2.89 bits per heavy atom. The van der Waals surface area contributed by atoms with Crippen LogP contribution >= 0.6 is 11.8 Å². The Morgan fingerprint density at radius 2 is 2.22 bits per heavy atom. The van der Waals surface area contributed by atoms with Crippen molar-refractivity contribution in [3.8, 4) is 0 Å². The van der Waals surface area contributed by atoms with E-state index in [-0.39, 0.29) is 17.4 Å². The minimum atomic E-state index is -0.390. The molecule has 0 aliphatic carbocycles. The highest BCUT2D eigenvalue weighted by molar-refractivity contribution is 7.99. The summed E-state index contributed by atoms with van der Waals surface area (Å²) in [7, 11) is 0. The first-order valence-corrected chi connectivity index (χ1v) is 7.24. The quantitative estimate of drug-likeness (QED) is 0.776. The molecule has 0 radical (unpaired) electrons. The Balaban J connectivity index is 1.64. The van der Waals surface area contributed by atoms with Crippen LogP contribution in [0.4, 0.5) is 10.1 Å². The fourth-order valence-electron chi connectivity index (χ4n) is 1.66. The fraction of sp³-hybridized carbons (Fsp3) is 0.462. The van der Waals surface area contributed by atoms with E-state index in [0.717, 1.165) is 30.5 Å². The molecule has 0 unspecified atom stereocenters. The normalized spacial score (nSPS) is 15.2. The zero-order valence-electron chi connectivity index (χ0n) is 10.1. The van der Waals surface area contributed by atoms with E-state index in [1.807, 2.05) is 0 Å². The first kappa shape index (κ1) is 13.4. The second kappa shape index (κ2) is 6.75. The molecule has 3 nitrogen and oxygen atoms in total. The zero-order chi connectivity index (χ0) is 12.8. The van der Waals surface area contributed by atoms with Crippen LogP contribution in [0.15, 0.2) is 24.3 Å². The van der Waals surface area contributed by atoms with E-state index in [0.29, 0.717) is 6.42 Å². The van der Waals surface area contributed by atoms with Gasteiger partial charge in [0.1, 0.15) is 5.82 Å². The lowest BCUT2D eigenvalue weighted by atomic mass is 10.1. The van der Waals surface area contributed by atoms with Crippen molar-refractivity contribution in [2.24, 2.45) is 5.92 Å². The molecule has 2 rings (SSSR count). The molecular weight excluding hydrogens is 251 g/mol. The average molecular weight is 268 g/mol. The Kier molecular flexibility index (Phi) is 5.01. The van der Waals surface area contributed by atoms with E-state index < -0.39 is 0 Å². The molecule has 18 heavy (non-hydrogen) atoms. The average Bonchev–Trinajstić information content (AvgIpc) is 2.29. The number of para-hydroxylation sites is 1. The molecule has 1 aromatic rings. The highest BCUT2D eigenvalue weighted by Crippen LogP contribution is 2.15. The van der Waals surface area contributed by atoms with Gasteiger partial charge in [-0.05, 0) is 36.9 Å². The van der Waals surface area contributed by atoms with Gasteiger partial charge in [0.25, 0.3) is 0 Å². The van der Waals surface area contributed by atoms with Gasteiger partial charge in [-0.15, -0.1) is 0 Å². The van der Waals surface area contributed by atoms with Gasteiger partial charge in [-0.25, -0.2) is 4.39 Å². The van der Waals surface area contributed by atoms with Crippen molar-refractivity contribution in [1.82, 2.24) is 5.32 Å². The predicted molar refractivity (Wildman–Crippen MR) is 73.3 cm³/mol. The van der Waals surface area contributed by atoms with Gasteiger partial charge in [-0.1, -0.05) is 12.1 Å². The van der Waals surface area contributed by atoms with Crippen LogP contribution in [-0.2, 0) is 4.79 Å². The Bertz CT molecular complexity index is 410. The number of hydrogen-bond donors (Lipinski definition) is 2. The van der Waals surface area contributed by atoms with Gasteiger partial charge in [0.05, 0.1) is 5.69 Å². The summed E-state index contributed by atoms with van der Waals surface area (Å²) in [6.45, 7) is 2.18. The standard InChI is InChI=1S/C13H17FN2OS/c14-11-3-1-2-4-12(11)16-13(17)5-6-18-9-10-7-15-8-10/h1-4,10,15H,5-9H2,(H,16,17). The third-order valence-corrected chi connectivity index (χ3v) is 4.04. The molecule has 1 aromatic carbocycles. The smallest absolute Gasteiger partial charge is 0.225 e. The second-order valence-electron chi connectivity index (χ2n) is 4.38. The molecule has 0 atom stereocenters. The summed E-state index contributed by atoms with van der Waals surface area (Å²) in [5.41, 5.74) is 0.260. The van der Waals surface area contributed by atoms with Gasteiger partial charge in [-0.2, -0.15) is 11.8 Å². The molecule has 1 aliphatic rings. The van der Waals surface area contributed by atoms with Gasteiger partial charge in [0.2, 0.25) is 5.91 Å². The molecule has 2 N–H and O–H groups in total. The van der Waals surface area contributed by atoms with Gasteiger partial charge >= 0.3 is 0 Å². The van der Waals surface area contributed by atoms with Gasteiger partial charge in [0, 0.05) is 12.2 Å². The van der Waals surface area contributed by atoms with E-state index in [1.165, 1.54) is 6.07 Å². The Morgan fingerprint density at radius 1 is 1.44 bits per heavy atom. The summed E-state index contributed by atoms with van der Waals surface area (Å²) in [6.07, 6.45) is 0.430. The van der Waals surface area contributed by atoms with Gasteiger partial charge in [-0.3, -0.25) is 4.79 Å². The highest BCUT2D eigenvalue weighted by atomic mass is 32.2. The lowest BCUT2D eigenvalue weighted by Crippen LogP contribution is -2.43. The lowest BCUT2D eigenvalue weighted by molar-refractivity contribution is -0.115.